The Morgan fingerprint density at radius 1 is 1.15 bits per heavy atom. The summed E-state index contributed by atoms with van der Waals surface area (Å²) in [6, 6.07) is 7.16. The molecule has 4 amide bonds. The maximum absolute atomic E-state index is 12.7. The number of rotatable bonds is 9. The van der Waals surface area contributed by atoms with E-state index < -0.39 is 6.04 Å². The van der Waals surface area contributed by atoms with Crippen LogP contribution in [0.15, 0.2) is 24.3 Å². The Kier molecular flexibility index (Phi) is 7.85. The zero-order valence-corrected chi connectivity index (χ0v) is 19.6. The van der Waals surface area contributed by atoms with E-state index in [4.69, 9.17) is 4.74 Å². The Hall–Kier alpha value is -2.61. The molecule has 3 fully saturated rings. The van der Waals surface area contributed by atoms with Gasteiger partial charge in [0.05, 0.1) is 7.11 Å². The normalized spacial score (nSPS) is 25.5. The van der Waals surface area contributed by atoms with E-state index in [1.54, 1.807) is 7.11 Å². The number of fused-ring (bicyclic) bond motifs is 1. The van der Waals surface area contributed by atoms with E-state index in [-0.39, 0.29) is 30.8 Å². The minimum absolute atomic E-state index is 0.0440. The van der Waals surface area contributed by atoms with Crippen molar-refractivity contribution >= 4 is 17.8 Å². The van der Waals surface area contributed by atoms with Gasteiger partial charge in [0.2, 0.25) is 5.91 Å². The van der Waals surface area contributed by atoms with Crippen LogP contribution in [-0.4, -0.2) is 73.0 Å². The molecule has 8 heteroatoms. The second kappa shape index (κ2) is 11.0. The lowest BCUT2D eigenvalue weighted by molar-refractivity contribution is -0.127. The zero-order chi connectivity index (χ0) is 23.2. The molecule has 3 heterocycles. The van der Waals surface area contributed by atoms with Crippen molar-refractivity contribution in [1.82, 2.24) is 20.4 Å². The number of carbonyl (C=O) groups is 3. The molecular weight excluding hydrogens is 420 g/mol. The molecule has 8 nitrogen and oxygen atoms in total. The minimum Gasteiger partial charge on any atom is -0.496 e. The molecule has 180 valence electrons. The van der Waals surface area contributed by atoms with Crippen LogP contribution in [0.1, 0.15) is 50.5 Å². The van der Waals surface area contributed by atoms with Crippen LogP contribution in [0, 0.1) is 5.92 Å². The largest absolute Gasteiger partial charge is 0.496 e. The van der Waals surface area contributed by atoms with Gasteiger partial charge in [-0.15, -0.1) is 0 Å². The van der Waals surface area contributed by atoms with E-state index in [0.717, 1.165) is 11.3 Å². The van der Waals surface area contributed by atoms with Crippen LogP contribution in [0.4, 0.5) is 4.79 Å². The van der Waals surface area contributed by atoms with Crippen LogP contribution in [0.25, 0.3) is 0 Å². The standard InChI is InChI=1S/C25H36N4O4/c1-33-22-10-3-2-7-18(22)13-16-29-24(31)20(27-25(29)32)11-12-23(30)26-17-19-8-6-15-28-14-5-4-9-21(19)28/h2-3,7,10,19-21H,4-6,8-9,11-17H2,1H3,(H,26,30)(H,27,32)/t19-,20+,21-/m0/s1. The molecule has 1 aromatic carbocycles. The van der Waals surface area contributed by atoms with Crippen LogP contribution < -0.4 is 15.4 Å². The lowest BCUT2D eigenvalue weighted by atomic mass is 9.83. The van der Waals surface area contributed by atoms with E-state index in [1.165, 1.54) is 50.1 Å². The van der Waals surface area contributed by atoms with Crippen molar-refractivity contribution < 1.29 is 19.1 Å². The highest BCUT2D eigenvalue weighted by Crippen LogP contribution is 2.30. The van der Waals surface area contributed by atoms with Crippen LogP contribution >= 0.6 is 0 Å². The Morgan fingerprint density at radius 3 is 2.82 bits per heavy atom. The summed E-state index contributed by atoms with van der Waals surface area (Å²) >= 11 is 0. The van der Waals surface area contributed by atoms with Crippen LogP contribution in [0.3, 0.4) is 0 Å². The first kappa shape index (κ1) is 23.5. The molecule has 33 heavy (non-hydrogen) atoms. The summed E-state index contributed by atoms with van der Waals surface area (Å²) in [6.07, 6.45) is 7.24. The Labute approximate surface area is 196 Å². The lowest BCUT2D eigenvalue weighted by Gasteiger charge is -2.44. The Balaban J connectivity index is 1.21. The summed E-state index contributed by atoms with van der Waals surface area (Å²) in [5.74, 6) is 0.957. The fraction of sp³-hybridized carbons (Fsp3) is 0.640. The van der Waals surface area contributed by atoms with Gasteiger partial charge in [-0.2, -0.15) is 0 Å². The summed E-state index contributed by atoms with van der Waals surface area (Å²) in [4.78, 5) is 41.4. The molecule has 3 aliphatic rings. The average Bonchev–Trinajstić information content (AvgIpc) is 3.12. The Bertz CT molecular complexity index is 859. The first-order valence-corrected chi connectivity index (χ1v) is 12.3. The number of nitrogens with zero attached hydrogens (tertiary/aromatic N) is 2. The summed E-state index contributed by atoms with van der Waals surface area (Å²) < 4.78 is 5.35. The molecule has 0 saturated carbocycles. The average molecular weight is 457 g/mol. The molecule has 0 bridgehead atoms. The summed E-state index contributed by atoms with van der Waals surface area (Å²) in [7, 11) is 1.60. The van der Waals surface area contributed by atoms with Gasteiger partial charge in [-0.3, -0.25) is 14.5 Å². The van der Waals surface area contributed by atoms with Crippen LogP contribution in [-0.2, 0) is 16.0 Å². The molecule has 0 unspecified atom stereocenters. The van der Waals surface area contributed by atoms with Crippen molar-refractivity contribution in [2.75, 3.05) is 33.3 Å². The van der Waals surface area contributed by atoms with Crippen molar-refractivity contribution in [3.8, 4) is 5.75 Å². The number of imide groups is 1. The quantitative estimate of drug-likeness (QED) is 0.557. The van der Waals surface area contributed by atoms with Gasteiger partial charge >= 0.3 is 6.03 Å². The lowest BCUT2D eigenvalue weighted by Crippen LogP contribution is -2.51. The SMILES string of the molecule is COc1ccccc1CCN1C(=O)N[C@H](CCC(=O)NC[C@@H]2CCCN3CCCC[C@@H]23)C1=O. The number of para-hydroxylation sites is 1. The predicted molar refractivity (Wildman–Crippen MR) is 125 cm³/mol. The van der Waals surface area contributed by atoms with E-state index >= 15 is 0 Å². The number of carbonyl (C=O) groups excluding carboxylic acids is 3. The molecule has 3 saturated heterocycles. The highest BCUT2D eigenvalue weighted by molar-refractivity contribution is 6.04. The van der Waals surface area contributed by atoms with E-state index in [1.807, 2.05) is 24.3 Å². The molecule has 3 atom stereocenters. The topological polar surface area (TPSA) is 91.0 Å². The van der Waals surface area contributed by atoms with Crippen molar-refractivity contribution in [1.29, 1.82) is 0 Å². The molecular formula is C25H36N4O4. The maximum atomic E-state index is 12.7. The van der Waals surface area contributed by atoms with Gasteiger partial charge in [0.15, 0.2) is 0 Å². The number of benzene rings is 1. The first-order chi connectivity index (χ1) is 16.1. The number of hydrogen-bond acceptors (Lipinski definition) is 5. The fourth-order valence-corrected chi connectivity index (χ4v) is 5.55. The van der Waals surface area contributed by atoms with Crippen LogP contribution in [0.5, 0.6) is 5.75 Å². The molecule has 0 aliphatic carbocycles. The van der Waals surface area contributed by atoms with Crippen molar-refractivity contribution in [2.45, 2.75) is 63.5 Å². The Morgan fingerprint density at radius 2 is 1.97 bits per heavy atom. The number of methoxy groups -OCH3 is 1. The number of nitrogens with one attached hydrogen (secondary N) is 2. The predicted octanol–water partition coefficient (Wildman–Crippen LogP) is 2.32. The number of amides is 4. The number of hydrogen-bond donors (Lipinski definition) is 2. The van der Waals surface area contributed by atoms with Gasteiger partial charge in [-0.1, -0.05) is 24.6 Å². The minimum atomic E-state index is -0.635. The molecule has 4 rings (SSSR count). The highest BCUT2D eigenvalue weighted by atomic mass is 16.5. The second-order valence-corrected chi connectivity index (χ2v) is 9.40. The molecule has 0 aromatic heterocycles. The number of urea groups is 1. The third kappa shape index (κ3) is 5.66. The van der Waals surface area contributed by atoms with Crippen molar-refractivity contribution in [2.24, 2.45) is 5.92 Å². The summed E-state index contributed by atoms with van der Waals surface area (Å²) in [5.41, 5.74) is 0.947. The third-order valence-electron chi connectivity index (χ3n) is 7.35. The van der Waals surface area contributed by atoms with Gasteiger partial charge in [-0.05, 0) is 69.2 Å². The number of ether oxygens (including phenoxy) is 1. The molecule has 3 aliphatic heterocycles. The third-order valence-corrected chi connectivity index (χ3v) is 7.35. The van der Waals surface area contributed by atoms with Gasteiger partial charge < -0.3 is 20.3 Å². The molecule has 0 radical (unpaired) electrons. The van der Waals surface area contributed by atoms with Gasteiger partial charge in [-0.25, -0.2) is 4.79 Å². The van der Waals surface area contributed by atoms with E-state index in [9.17, 15) is 14.4 Å². The van der Waals surface area contributed by atoms with Crippen molar-refractivity contribution in [3.05, 3.63) is 29.8 Å². The first-order valence-electron chi connectivity index (χ1n) is 12.3. The highest BCUT2D eigenvalue weighted by Gasteiger charge is 2.38. The zero-order valence-electron chi connectivity index (χ0n) is 19.6. The molecule has 0 spiro atoms. The van der Waals surface area contributed by atoms with Gasteiger partial charge in [0.25, 0.3) is 5.91 Å². The monoisotopic (exact) mass is 456 g/mol. The number of piperidine rings is 2. The molecule has 1 aromatic rings. The van der Waals surface area contributed by atoms with E-state index in [0.29, 0.717) is 31.3 Å². The molecule has 2 N–H and O–H groups in total. The van der Waals surface area contributed by atoms with E-state index in [2.05, 4.69) is 15.5 Å². The second-order valence-electron chi connectivity index (χ2n) is 9.40. The van der Waals surface area contributed by atoms with Gasteiger partial charge in [0.1, 0.15) is 11.8 Å². The smallest absolute Gasteiger partial charge is 0.324 e. The van der Waals surface area contributed by atoms with Crippen molar-refractivity contribution in [3.63, 3.8) is 0 Å². The van der Waals surface area contributed by atoms with Crippen LogP contribution in [0.2, 0.25) is 0 Å². The summed E-state index contributed by atoms with van der Waals surface area (Å²) in [5, 5.41) is 5.83. The van der Waals surface area contributed by atoms with Gasteiger partial charge in [0, 0.05) is 25.6 Å². The maximum Gasteiger partial charge on any atom is 0.324 e. The summed E-state index contributed by atoms with van der Waals surface area (Å²) in [6.45, 7) is 3.36. The fourth-order valence-electron chi connectivity index (χ4n) is 5.55.